The van der Waals surface area contributed by atoms with Crippen molar-refractivity contribution in [3.8, 4) is 5.75 Å². The molecule has 34 heavy (non-hydrogen) atoms. The maximum Gasteiger partial charge on any atom is 0.338 e. The number of rotatable bonds is 9. The van der Waals surface area contributed by atoms with E-state index in [0.29, 0.717) is 16.9 Å². The van der Waals surface area contributed by atoms with Gasteiger partial charge in [0, 0.05) is 11.4 Å². The number of anilines is 2. The monoisotopic (exact) mass is 502 g/mol. The minimum atomic E-state index is -3.85. The Morgan fingerprint density at radius 2 is 1.59 bits per heavy atom. The van der Waals surface area contributed by atoms with Crippen LogP contribution in [-0.2, 0) is 19.6 Å². The molecule has 10 heteroatoms. The van der Waals surface area contributed by atoms with Gasteiger partial charge in [-0.05, 0) is 68.4 Å². The third-order valence-electron chi connectivity index (χ3n) is 4.56. The molecule has 0 saturated heterocycles. The standard InChI is InChI=1S/C24H23ClN2O6S/c1-3-32-24(29)17-6-10-18(11-7-17)26-23(28)15-33-22-13-12-20(14-21(22)25)34(30,31)27-19-8-4-16(2)5-9-19/h4-14,27H,3,15H2,1-2H3,(H,26,28). The Bertz CT molecular complexity index is 1280. The van der Waals surface area contributed by atoms with Crippen LogP contribution in [-0.4, -0.2) is 33.5 Å². The molecule has 0 unspecified atom stereocenters. The number of nitrogens with one attached hydrogen (secondary N) is 2. The van der Waals surface area contributed by atoms with Crippen LogP contribution in [0.25, 0.3) is 0 Å². The number of sulfonamides is 1. The second-order valence-electron chi connectivity index (χ2n) is 7.20. The van der Waals surface area contributed by atoms with E-state index in [0.717, 1.165) is 5.56 Å². The van der Waals surface area contributed by atoms with Crippen LogP contribution in [0.2, 0.25) is 5.02 Å². The van der Waals surface area contributed by atoms with Gasteiger partial charge < -0.3 is 14.8 Å². The molecule has 0 aliphatic heterocycles. The molecular weight excluding hydrogens is 480 g/mol. The number of hydrogen-bond acceptors (Lipinski definition) is 6. The maximum atomic E-state index is 12.6. The topological polar surface area (TPSA) is 111 Å². The van der Waals surface area contributed by atoms with Crippen LogP contribution in [0.3, 0.4) is 0 Å². The SMILES string of the molecule is CCOC(=O)c1ccc(NC(=O)COc2ccc(S(=O)(=O)Nc3ccc(C)cc3)cc2Cl)cc1. The van der Waals surface area contributed by atoms with Crippen molar-refractivity contribution in [3.05, 3.63) is 82.9 Å². The van der Waals surface area contributed by atoms with Gasteiger partial charge in [0.2, 0.25) is 0 Å². The predicted molar refractivity (Wildman–Crippen MR) is 130 cm³/mol. The largest absolute Gasteiger partial charge is 0.482 e. The van der Waals surface area contributed by atoms with E-state index in [1.165, 1.54) is 30.3 Å². The summed E-state index contributed by atoms with van der Waals surface area (Å²) < 4.78 is 38.1. The van der Waals surface area contributed by atoms with Gasteiger partial charge in [-0.25, -0.2) is 13.2 Å². The van der Waals surface area contributed by atoms with Crippen LogP contribution in [0.1, 0.15) is 22.8 Å². The fourth-order valence-corrected chi connectivity index (χ4v) is 4.23. The highest BCUT2D eigenvalue weighted by molar-refractivity contribution is 7.92. The fourth-order valence-electron chi connectivity index (χ4n) is 2.85. The zero-order valence-electron chi connectivity index (χ0n) is 18.5. The second-order valence-corrected chi connectivity index (χ2v) is 9.29. The zero-order valence-corrected chi connectivity index (χ0v) is 20.1. The number of carbonyl (C=O) groups excluding carboxylic acids is 2. The highest BCUT2D eigenvalue weighted by Gasteiger charge is 2.17. The van der Waals surface area contributed by atoms with E-state index in [1.54, 1.807) is 43.3 Å². The van der Waals surface area contributed by atoms with E-state index < -0.39 is 21.9 Å². The lowest BCUT2D eigenvalue weighted by Gasteiger charge is -2.12. The van der Waals surface area contributed by atoms with Gasteiger partial charge in [-0.1, -0.05) is 29.3 Å². The van der Waals surface area contributed by atoms with Crippen molar-refractivity contribution >= 4 is 44.9 Å². The number of hydrogen-bond donors (Lipinski definition) is 2. The van der Waals surface area contributed by atoms with Crippen LogP contribution in [0.5, 0.6) is 5.75 Å². The Kier molecular flexibility index (Phi) is 8.14. The molecule has 2 N–H and O–H groups in total. The first-order valence-corrected chi connectivity index (χ1v) is 12.1. The van der Waals surface area contributed by atoms with Crippen LogP contribution < -0.4 is 14.8 Å². The Balaban J connectivity index is 1.58. The molecule has 0 heterocycles. The van der Waals surface area contributed by atoms with Crippen molar-refractivity contribution in [3.63, 3.8) is 0 Å². The molecule has 0 aliphatic carbocycles. The summed E-state index contributed by atoms with van der Waals surface area (Å²) in [6, 6.07) is 17.1. The van der Waals surface area contributed by atoms with E-state index in [-0.39, 0.29) is 28.9 Å². The van der Waals surface area contributed by atoms with Crippen molar-refractivity contribution < 1.29 is 27.5 Å². The van der Waals surface area contributed by atoms with Crippen molar-refractivity contribution in [2.24, 2.45) is 0 Å². The summed E-state index contributed by atoms with van der Waals surface area (Å²) in [6.07, 6.45) is 0. The summed E-state index contributed by atoms with van der Waals surface area (Å²) in [4.78, 5) is 23.8. The summed E-state index contributed by atoms with van der Waals surface area (Å²) in [5.74, 6) is -0.751. The quantitative estimate of drug-likeness (QED) is 0.412. The van der Waals surface area contributed by atoms with E-state index in [9.17, 15) is 18.0 Å². The molecular formula is C24H23ClN2O6S. The van der Waals surface area contributed by atoms with E-state index >= 15 is 0 Å². The van der Waals surface area contributed by atoms with Gasteiger partial charge in [-0.15, -0.1) is 0 Å². The lowest BCUT2D eigenvalue weighted by atomic mass is 10.2. The van der Waals surface area contributed by atoms with E-state index in [4.69, 9.17) is 21.1 Å². The summed E-state index contributed by atoms with van der Waals surface area (Å²) in [6.45, 7) is 3.53. The first-order chi connectivity index (χ1) is 16.2. The van der Waals surface area contributed by atoms with Crippen LogP contribution in [0, 0.1) is 6.92 Å². The van der Waals surface area contributed by atoms with Gasteiger partial charge in [-0.2, -0.15) is 0 Å². The molecule has 0 radical (unpaired) electrons. The minimum Gasteiger partial charge on any atom is -0.482 e. The molecule has 3 rings (SSSR count). The highest BCUT2D eigenvalue weighted by Crippen LogP contribution is 2.28. The minimum absolute atomic E-state index is 0.0402. The predicted octanol–water partition coefficient (Wildman–Crippen LogP) is 4.64. The van der Waals surface area contributed by atoms with Crippen molar-refractivity contribution in [1.29, 1.82) is 0 Å². The number of amides is 1. The molecule has 0 atom stereocenters. The number of ether oxygens (including phenoxy) is 2. The lowest BCUT2D eigenvalue weighted by molar-refractivity contribution is -0.118. The molecule has 8 nitrogen and oxygen atoms in total. The third-order valence-corrected chi connectivity index (χ3v) is 6.23. The number of benzene rings is 3. The third kappa shape index (κ3) is 6.72. The highest BCUT2D eigenvalue weighted by atomic mass is 35.5. The van der Waals surface area contributed by atoms with Crippen LogP contribution in [0.4, 0.5) is 11.4 Å². The van der Waals surface area contributed by atoms with Gasteiger partial charge in [-0.3, -0.25) is 9.52 Å². The van der Waals surface area contributed by atoms with Gasteiger partial charge in [0.25, 0.3) is 15.9 Å². The average molecular weight is 503 g/mol. The van der Waals surface area contributed by atoms with Crippen molar-refractivity contribution in [1.82, 2.24) is 0 Å². The molecule has 0 spiro atoms. The average Bonchev–Trinajstić information content (AvgIpc) is 2.80. The van der Waals surface area contributed by atoms with Gasteiger partial charge in [0.15, 0.2) is 6.61 Å². The molecule has 3 aromatic carbocycles. The van der Waals surface area contributed by atoms with Crippen LogP contribution >= 0.6 is 11.6 Å². The Morgan fingerprint density at radius 1 is 0.941 bits per heavy atom. The second kappa shape index (κ2) is 11.0. The molecule has 0 bridgehead atoms. The Labute approximate surface area is 202 Å². The molecule has 0 fully saturated rings. The fraction of sp³-hybridized carbons (Fsp3) is 0.167. The lowest BCUT2D eigenvalue weighted by Crippen LogP contribution is -2.20. The molecule has 0 saturated carbocycles. The number of halogens is 1. The van der Waals surface area contributed by atoms with Crippen LogP contribution in [0.15, 0.2) is 71.6 Å². The van der Waals surface area contributed by atoms with Crippen molar-refractivity contribution in [2.45, 2.75) is 18.7 Å². The van der Waals surface area contributed by atoms with Gasteiger partial charge in [0.1, 0.15) is 5.75 Å². The molecule has 178 valence electrons. The van der Waals surface area contributed by atoms with Gasteiger partial charge >= 0.3 is 5.97 Å². The van der Waals surface area contributed by atoms with E-state index in [2.05, 4.69) is 10.0 Å². The number of aryl methyl sites for hydroxylation is 1. The molecule has 1 amide bonds. The summed E-state index contributed by atoms with van der Waals surface area (Å²) in [5.41, 5.74) is 2.27. The first-order valence-electron chi connectivity index (χ1n) is 10.3. The number of esters is 1. The summed E-state index contributed by atoms with van der Waals surface area (Å²) in [5, 5.41) is 2.67. The smallest absolute Gasteiger partial charge is 0.338 e. The van der Waals surface area contributed by atoms with Gasteiger partial charge in [0.05, 0.1) is 22.1 Å². The molecule has 3 aromatic rings. The Hall–Kier alpha value is -3.56. The summed E-state index contributed by atoms with van der Waals surface area (Å²) >= 11 is 6.18. The number of carbonyl (C=O) groups is 2. The summed E-state index contributed by atoms with van der Waals surface area (Å²) in [7, 11) is -3.85. The maximum absolute atomic E-state index is 12.6. The zero-order chi connectivity index (χ0) is 24.7. The normalized spacial score (nSPS) is 10.9. The van der Waals surface area contributed by atoms with Crippen molar-refractivity contribution in [2.75, 3.05) is 23.3 Å². The first kappa shape index (κ1) is 25.1. The van der Waals surface area contributed by atoms with E-state index in [1.807, 2.05) is 6.92 Å². The molecule has 0 aromatic heterocycles. The Morgan fingerprint density at radius 3 is 2.21 bits per heavy atom. The molecule has 0 aliphatic rings.